The van der Waals surface area contributed by atoms with Gasteiger partial charge in [-0.1, -0.05) is 0 Å². The Bertz CT molecular complexity index is 150. The fourth-order valence-corrected chi connectivity index (χ4v) is 0.801. The van der Waals surface area contributed by atoms with Crippen molar-refractivity contribution in [3.63, 3.8) is 0 Å². The highest BCUT2D eigenvalue weighted by Crippen LogP contribution is 2.05. The zero-order valence-corrected chi connectivity index (χ0v) is 6.95. The van der Waals surface area contributed by atoms with E-state index in [1.807, 2.05) is 0 Å². The van der Waals surface area contributed by atoms with Crippen molar-refractivity contribution in [2.45, 2.75) is 30.8 Å². The lowest BCUT2D eigenvalue weighted by Gasteiger charge is -2.20. The molecule has 0 aliphatic heterocycles. The molecule has 78 valence electrons. The topological polar surface area (TPSA) is 118 Å². The molecule has 13 heavy (non-hydrogen) atoms. The van der Waals surface area contributed by atoms with Gasteiger partial charge in [-0.2, -0.15) is 0 Å². The maximum atomic E-state index is 9.97. The van der Waals surface area contributed by atoms with Crippen molar-refractivity contribution in [2.75, 3.05) is 6.61 Å². The molecule has 0 spiro atoms. The molecule has 4 atom stereocenters. The smallest absolute Gasteiger partial charge is 0.151 e. The fraction of sp³-hybridized carbons (Fsp3) is 0.857. The van der Waals surface area contributed by atoms with Crippen LogP contribution >= 0.6 is 0 Å². The number of carbonyl (C=O) groups excluding carboxylic acids is 1. The summed E-state index contributed by atoms with van der Waals surface area (Å²) in [4.78, 5) is 9.97. The molecule has 0 saturated heterocycles. The monoisotopic (exact) mass is 194 g/mol. The summed E-state index contributed by atoms with van der Waals surface area (Å²) < 4.78 is 0. The Kier molecular flexibility index (Phi) is 5.76. The SMILES string of the molecule is O=C[C@@H](O)[C@H](O)[C@H](O)C[C@H](O)CO. The van der Waals surface area contributed by atoms with Gasteiger partial charge in [-0.15, -0.1) is 0 Å². The van der Waals surface area contributed by atoms with Gasteiger partial charge in [-0.05, 0) is 0 Å². The average Bonchev–Trinajstić information content (AvgIpc) is 2.14. The Hall–Kier alpha value is -0.530. The minimum Gasteiger partial charge on any atom is -0.394 e. The zero-order chi connectivity index (χ0) is 10.4. The molecular weight excluding hydrogens is 180 g/mol. The van der Waals surface area contributed by atoms with Crippen molar-refractivity contribution in [1.82, 2.24) is 0 Å². The van der Waals surface area contributed by atoms with Crippen LogP contribution in [0, 0.1) is 0 Å². The van der Waals surface area contributed by atoms with E-state index in [-0.39, 0.29) is 12.7 Å². The van der Waals surface area contributed by atoms with E-state index in [9.17, 15) is 4.79 Å². The second-order valence-electron chi connectivity index (χ2n) is 2.76. The first-order valence-corrected chi connectivity index (χ1v) is 3.81. The van der Waals surface area contributed by atoms with Gasteiger partial charge in [-0.25, -0.2) is 0 Å². The van der Waals surface area contributed by atoms with E-state index in [0.717, 1.165) is 0 Å². The maximum Gasteiger partial charge on any atom is 0.151 e. The Morgan fingerprint density at radius 2 is 1.69 bits per heavy atom. The summed E-state index contributed by atoms with van der Waals surface area (Å²) in [7, 11) is 0. The van der Waals surface area contributed by atoms with Crippen molar-refractivity contribution in [2.24, 2.45) is 0 Å². The van der Waals surface area contributed by atoms with E-state index in [1.165, 1.54) is 0 Å². The van der Waals surface area contributed by atoms with Crippen molar-refractivity contribution in [3.8, 4) is 0 Å². The number of aldehydes is 1. The van der Waals surface area contributed by atoms with Gasteiger partial charge in [0.25, 0.3) is 0 Å². The molecule has 0 radical (unpaired) electrons. The lowest BCUT2D eigenvalue weighted by Crippen LogP contribution is -2.40. The molecule has 0 aromatic heterocycles. The number of hydrogen-bond donors (Lipinski definition) is 5. The molecule has 0 aliphatic carbocycles. The molecule has 0 fully saturated rings. The lowest BCUT2D eigenvalue weighted by atomic mass is 10.0. The predicted octanol–water partition coefficient (Wildman–Crippen LogP) is -2.99. The van der Waals surface area contributed by atoms with E-state index in [1.54, 1.807) is 0 Å². The van der Waals surface area contributed by atoms with Gasteiger partial charge in [-0.3, -0.25) is 0 Å². The van der Waals surface area contributed by atoms with Gasteiger partial charge < -0.3 is 30.3 Å². The number of rotatable bonds is 6. The Morgan fingerprint density at radius 3 is 2.08 bits per heavy atom. The molecule has 6 nitrogen and oxygen atoms in total. The summed E-state index contributed by atoms with van der Waals surface area (Å²) in [5, 5.41) is 44.1. The van der Waals surface area contributed by atoms with E-state index in [0.29, 0.717) is 0 Å². The van der Waals surface area contributed by atoms with Crippen molar-refractivity contribution >= 4 is 6.29 Å². The normalized spacial score (nSPS) is 20.4. The fourth-order valence-electron chi connectivity index (χ4n) is 0.801. The standard InChI is InChI=1S/C7H14O6/c8-2-4(10)1-5(11)7(13)6(12)3-9/h3-8,10-13H,1-2H2/t4-,5+,6+,7+/m0/s1. The van der Waals surface area contributed by atoms with Crippen molar-refractivity contribution in [3.05, 3.63) is 0 Å². The molecule has 0 bridgehead atoms. The quantitative estimate of drug-likeness (QED) is 0.288. The molecule has 0 aromatic rings. The molecule has 6 heteroatoms. The van der Waals surface area contributed by atoms with E-state index < -0.39 is 31.0 Å². The third-order valence-corrected chi connectivity index (χ3v) is 1.61. The summed E-state index contributed by atoms with van der Waals surface area (Å²) >= 11 is 0. The predicted molar refractivity (Wildman–Crippen MR) is 41.8 cm³/mol. The third kappa shape index (κ3) is 4.30. The molecule has 0 heterocycles. The van der Waals surface area contributed by atoms with Crippen LogP contribution < -0.4 is 0 Å². The molecular formula is C7H14O6. The van der Waals surface area contributed by atoms with Crippen LogP contribution in [0.25, 0.3) is 0 Å². The number of hydrogen-bond acceptors (Lipinski definition) is 6. The van der Waals surface area contributed by atoms with Gasteiger partial charge in [0.15, 0.2) is 6.29 Å². The summed E-state index contributed by atoms with van der Waals surface area (Å²) in [6.07, 6.45) is -6.16. The van der Waals surface area contributed by atoms with Crippen LogP contribution in [0.5, 0.6) is 0 Å². The molecule has 0 rings (SSSR count). The summed E-state index contributed by atoms with van der Waals surface area (Å²) in [5.74, 6) is 0. The molecule has 0 amide bonds. The highest BCUT2D eigenvalue weighted by atomic mass is 16.4. The van der Waals surface area contributed by atoms with Crippen LogP contribution in [0.15, 0.2) is 0 Å². The molecule has 0 unspecified atom stereocenters. The van der Waals surface area contributed by atoms with Crippen molar-refractivity contribution in [1.29, 1.82) is 0 Å². The minimum atomic E-state index is -1.68. The van der Waals surface area contributed by atoms with Crippen LogP contribution in [0.2, 0.25) is 0 Å². The first-order chi connectivity index (χ1) is 6.02. The largest absolute Gasteiger partial charge is 0.394 e. The van der Waals surface area contributed by atoms with Crippen molar-refractivity contribution < 1.29 is 30.3 Å². The highest BCUT2D eigenvalue weighted by Gasteiger charge is 2.25. The third-order valence-electron chi connectivity index (χ3n) is 1.61. The van der Waals surface area contributed by atoms with Crippen LogP contribution in [0.3, 0.4) is 0 Å². The zero-order valence-electron chi connectivity index (χ0n) is 6.95. The number of aliphatic hydroxyl groups excluding tert-OH is 5. The Labute approximate surface area is 75.1 Å². The lowest BCUT2D eigenvalue weighted by molar-refractivity contribution is -0.127. The van der Waals surface area contributed by atoms with Crippen LogP contribution in [0.4, 0.5) is 0 Å². The van der Waals surface area contributed by atoms with E-state index in [4.69, 9.17) is 25.5 Å². The molecule has 0 aromatic carbocycles. The van der Waals surface area contributed by atoms with Gasteiger partial charge >= 0.3 is 0 Å². The second-order valence-corrected chi connectivity index (χ2v) is 2.76. The van der Waals surface area contributed by atoms with Gasteiger partial charge in [0, 0.05) is 6.42 Å². The minimum absolute atomic E-state index is 0.0826. The summed E-state index contributed by atoms with van der Waals surface area (Å²) in [5.41, 5.74) is 0. The summed E-state index contributed by atoms with van der Waals surface area (Å²) in [6.45, 7) is -0.555. The van der Waals surface area contributed by atoms with E-state index >= 15 is 0 Å². The summed E-state index contributed by atoms with van der Waals surface area (Å²) in [6, 6.07) is 0. The number of aliphatic hydroxyl groups is 5. The van der Waals surface area contributed by atoms with Gasteiger partial charge in [0.2, 0.25) is 0 Å². The Balaban J connectivity index is 3.94. The van der Waals surface area contributed by atoms with Crippen LogP contribution in [-0.4, -0.2) is 62.8 Å². The second kappa shape index (κ2) is 6.01. The highest BCUT2D eigenvalue weighted by molar-refractivity contribution is 5.56. The average molecular weight is 194 g/mol. The first-order valence-electron chi connectivity index (χ1n) is 3.81. The maximum absolute atomic E-state index is 9.97. The molecule has 0 saturated carbocycles. The first kappa shape index (κ1) is 12.5. The van der Waals surface area contributed by atoms with E-state index in [2.05, 4.69) is 0 Å². The number of carbonyl (C=O) groups is 1. The Morgan fingerprint density at radius 1 is 1.15 bits per heavy atom. The van der Waals surface area contributed by atoms with Crippen LogP contribution in [-0.2, 0) is 4.79 Å². The van der Waals surface area contributed by atoms with Crippen LogP contribution in [0.1, 0.15) is 6.42 Å². The molecule has 0 aliphatic rings. The molecule has 5 N–H and O–H groups in total. The van der Waals surface area contributed by atoms with Gasteiger partial charge in [0.1, 0.15) is 12.2 Å². The van der Waals surface area contributed by atoms with Gasteiger partial charge in [0.05, 0.1) is 18.8 Å².